The second kappa shape index (κ2) is 3.69. The van der Waals surface area contributed by atoms with Gasteiger partial charge in [-0.3, -0.25) is 4.79 Å². The first-order chi connectivity index (χ1) is 8.20. The monoisotopic (exact) mass is 224 g/mol. The standard InChI is InChI=1S/C16H16O/c1-16-10-9-14(17)11-13(16)7-4-6-12-5-2-3-8-15(12)16/h2-3,5,8-11H,4,6-7H2,1H3/t16-/m1/s1. The molecule has 0 spiro atoms. The van der Waals surface area contributed by atoms with Crippen LogP contribution in [0.4, 0.5) is 0 Å². The van der Waals surface area contributed by atoms with Crippen LogP contribution in [-0.2, 0) is 16.6 Å². The third-order valence-corrected chi connectivity index (χ3v) is 4.03. The Bertz CT molecular complexity index is 536. The van der Waals surface area contributed by atoms with Gasteiger partial charge in [-0.1, -0.05) is 35.9 Å². The summed E-state index contributed by atoms with van der Waals surface area (Å²) in [5, 5.41) is 0. The molecule has 1 atom stereocenters. The Hall–Kier alpha value is -1.63. The molecule has 2 aliphatic carbocycles. The van der Waals surface area contributed by atoms with Gasteiger partial charge >= 0.3 is 0 Å². The van der Waals surface area contributed by atoms with Crippen LogP contribution in [-0.4, -0.2) is 5.78 Å². The van der Waals surface area contributed by atoms with Crippen molar-refractivity contribution in [3.63, 3.8) is 0 Å². The maximum Gasteiger partial charge on any atom is 0.178 e. The average Bonchev–Trinajstić information content (AvgIpc) is 2.47. The molecule has 0 bridgehead atoms. The molecule has 17 heavy (non-hydrogen) atoms. The molecule has 0 N–H and O–H groups in total. The van der Waals surface area contributed by atoms with Gasteiger partial charge in [0, 0.05) is 5.41 Å². The number of rotatable bonds is 0. The maximum atomic E-state index is 11.5. The summed E-state index contributed by atoms with van der Waals surface area (Å²) in [4.78, 5) is 11.5. The zero-order chi connectivity index (χ0) is 11.9. The molecule has 1 nitrogen and oxygen atoms in total. The van der Waals surface area contributed by atoms with Crippen molar-refractivity contribution in [3.8, 4) is 0 Å². The van der Waals surface area contributed by atoms with Crippen molar-refractivity contribution < 1.29 is 4.79 Å². The number of carbonyl (C=O) groups is 1. The lowest BCUT2D eigenvalue weighted by molar-refractivity contribution is -0.110. The largest absolute Gasteiger partial charge is 0.290 e. The molecule has 0 unspecified atom stereocenters. The van der Waals surface area contributed by atoms with Crippen LogP contribution in [0.5, 0.6) is 0 Å². The fourth-order valence-corrected chi connectivity index (χ4v) is 3.03. The molecule has 3 rings (SSSR count). The van der Waals surface area contributed by atoms with Crippen molar-refractivity contribution >= 4 is 5.78 Å². The number of hydrogen-bond acceptors (Lipinski definition) is 1. The van der Waals surface area contributed by atoms with Gasteiger partial charge in [-0.25, -0.2) is 0 Å². The molecule has 0 radical (unpaired) electrons. The minimum absolute atomic E-state index is 0.0684. The van der Waals surface area contributed by atoms with Gasteiger partial charge in [-0.2, -0.15) is 0 Å². The summed E-state index contributed by atoms with van der Waals surface area (Å²) in [6.07, 6.45) is 8.91. The second-order valence-corrected chi connectivity index (χ2v) is 5.12. The molecule has 86 valence electrons. The quantitative estimate of drug-likeness (QED) is 0.660. The van der Waals surface area contributed by atoms with Crippen LogP contribution in [0.3, 0.4) is 0 Å². The molecule has 0 heterocycles. The summed E-state index contributed by atoms with van der Waals surface area (Å²) < 4.78 is 0. The van der Waals surface area contributed by atoms with E-state index in [4.69, 9.17) is 0 Å². The highest BCUT2D eigenvalue weighted by Crippen LogP contribution is 2.42. The van der Waals surface area contributed by atoms with E-state index in [0.29, 0.717) is 0 Å². The highest BCUT2D eigenvalue weighted by Gasteiger charge is 2.34. The zero-order valence-electron chi connectivity index (χ0n) is 10.1. The lowest BCUT2D eigenvalue weighted by Gasteiger charge is -2.31. The highest BCUT2D eigenvalue weighted by atomic mass is 16.1. The molecular formula is C16H16O. The molecular weight excluding hydrogens is 208 g/mol. The lowest BCUT2D eigenvalue weighted by atomic mass is 9.72. The second-order valence-electron chi connectivity index (χ2n) is 5.12. The molecule has 0 saturated heterocycles. The Kier molecular flexibility index (Phi) is 2.29. The fraction of sp³-hybridized carbons (Fsp3) is 0.312. The van der Waals surface area contributed by atoms with Gasteiger partial charge in [0.05, 0.1) is 0 Å². The molecule has 0 fully saturated rings. The van der Waals surface area contributed by atoms with Crippen LogP contribution in [0.2, 0.25) is 0 Å². The van der Waals surface area contributed by atoms with E-state index in [2.05, 4.69) is 37.3 Å². The SMILES string of the molecule is C[C@@]12C=CC(=O)C=C1CCCc1ccccc12. The highest BCUT2D eigenvalue weighted by molar-refractivity contribution is 6.01. The normalized spacial score (nSPS) is 26.9. The van der Waals surface area contributed by atoms with Crippen LogP contribution >= 0.6 is 0 Å². The van der Waals surface area contributed by atoms with Gasteiger partial charge in [-0.05, 0) is 49.5 Å². The van der Waals surface area contributed by atoms with Crippen LogP contribution in [0, 0.1) is 0 Å². The van der Waals surface area contributed by atoms with E-state index in [9.17, 15) is 4.79 Å². The smallest absolute Gasteiger partial charge is 0.178 e. The number of aryl methyl sites for hydroxylation is 1. The summed E-state index contributed by atoms with van der Waals surface area (Å²) >= 11 is 0. The van der Waals surface area contributed by atoms with Crippen LogP contribution in [0.1, 0.15) is 30.9 Å². The molecule has 1 aromatic carbocycles. The third-order valence-electron chi connectivity index (χ3n) is 4.03. The Morgan fingerprint density at radius 3 is 2.88 bits per heavy atom. The van der Waals surface area contributed by atoms with Crippen molar-refractivity contribution in [2.24, 2.45) is 0 Å². The van der Waals surface area contributed by atoms with Gasteiger partial charge in [0.15, 0.2) is 5.78 Å². The van der Waals surface area contributed by atoms with Crippen LogP contribution < -0.4 is 0 Å². The molecule has 0 aromatic heterocycles. The molecule has 0 aliphatic heterocycles. The van der Waals surface area contributed by atoms with Gasteiger partial charge in [0.2, 0.25) is 0 Å². The van der Waals surface area contributed by atoms with E-state index in [1.165, 1.54) is 16.7 Å². The average molecular weight is 224 g/mol. The van der Waals surface area contributed by atoms with Crippen molar-refractivity contribution in [3.05, 3.63) is 59.2 Å². The third kappa shape index (κ3) is 1.57. The first-order valence-electron chi connectivity index (χ1n) is 6.23. The number of carbonyl (C=O) groups excluding carboxylic acids is 1. The molecule has 1 heteroatoms. The van der Waals surface area contributed by atoms with Gasteiger partial charge in [0.1, 0.15) is 0 Å². The Morgan fingerprint density at radius 1 is 1.18 bits per heavy atom. The number of fused-ring (bicyclic) bond motifs is 3. The Morgan fingerprint density at radius 2 is 2.00 bits per heavy atom. The number of hydrogen-bond donors (Lipinski definition) is 0. The molecule has 0 amide bonds. The van der Waals surface area contributed by atoms with Gasteiger partial charge in [-0.15, -0.1) is 0 Å². The zero-order valence-corrected chi connectivity index (χ0v) is 10.1. The van der Waals surface area contributed by atoms with Gasteiger partial charge < -0.3 is 0 Å². The Balaban J connectivity index is 2.22. The predicted molar refractivity (Wildman–Crippen MR) is 69.0 cm³/mol. The van der Waals surface area contributed by atoms with Crippen molar-refractivity contribution in [2.75, 3.05) is 0 Å². The molecule has 0 saturated carbocycles. The van der Waals surface area contributed by atoms with Crippen LogP contribution in [0.25, 0.3) is 0 Å². The summed E-state index contributed by atoms with van der Waals surface area (Å²) in [6, 6.07) is 8.62. The van der Waals surface area contributed by atoms with E-state index in [1.807, 2.05) is 6.08 Å². The first-order valence-corrected chi connectivity index (χ1v) is 6.23. The van der Waals surface area contributed by atoms with Crippen molar-refractivity contribution in [1.29, 1.82) is 0 Å². The van der Waals surface area contributed by atoms with E-state index in [0.717, 1.165) is 19.3 Å². The van der Waals surface area contributed by atoms with E-state index < -0.39 is 0 Å². The van der Waals surface area contributed by atoms with Gasteiger partial charge in [0.25, 0.3) is 0 Å². The summed E-state index contributed by atoms with van der Waals surface area (Å²) in [7, 11) is 0. The number of benzene rings is 1. The topological polar surface area (TPSA) is 17.1 Å². The maximum absolute atomic E-state index is 11.5. The minimum atomic E-state index is -0.0684. The van der Waals surface area contributed by atoms with E-state index in [-0.39, 0.29) is 11.2 Å². The Labute approximate surface area is 102 Å². The van der Waals surface area contributed by atoms with E-state index >= 15 is 0 Å². The lowest BCUT2D eigenvalue weighted by Crippen LogP contribution is -2.25. The first kappa shape index (κ1) is 10.5. The van der Waals surface area contributed by atoms with Crippen molar-refractivity contribution in [2.45, 2.75) is 31.6 Å². The van der Waals surface area contributed by atoms with Crippen molar-refractivity contribution in [1.82, 2.24) is 0 Å². The summed E-state index contributed by atoms with van der Waals surface area (Å²) in [5.74, 6) is 0.136. The van der Waals surface area contributed by atoms with Crippen LogP contribution in [0.15, 0.2) is 48.1 Å². The molecule has 1 aromatic rings. The summed E-state index contributed by atoms with van der Waals surface area (Å²) in [6.45, 7) is 2.23. The summed E-state index contributed by atoms with van der Waals surface area (Å²) in [5.41, 5.74) is 4.00. The fourth-order valence-electron chi connectivity index (χ4n) is 3.03. The van der Waals surface area contributed by atoms with E-state index in [1.54, 1.807) is 6.08 Å². The number of allylic oxidation sites excluding steroid dienone is 4. The predicted octanol–water partition coefficient (Wildman–Crippen LogP) is 3.35. The molecule has 2 aliphatic rings. The number of ketones is 1. The minimum Gasteiger partial charge on any atom is -0.290 e.